The summed E-state index contributed by atoms with van der Waals surface area (Å²) < 4.78 is 10.2. The van der Waals surface area contributed by atoms with E-state index in [1.165, 1.54) is 85.6 Å². The van der Waals surface area contributed by atoms with Crippen LogP contribution in [0.5, 0.6) is 0 Å². The molecule has 0 aliphatic carbocycles. The number of thiophene rings is 1. The Balaban J connectivity index is 1.40. The fraction of sp³-hybridized carbons (Fsp3) is 0. The second-order valence-corrected chi connectivity index (χ2v) is 14.7. The van der Waals surface area contributed by atoms with E-state index in [0.717, 1.165) is 17.1 Å². The number of rotatable bonds is 3. The molecule has 4 heterocycles. The minimum atomic E-state index is 1.15. The van der Waals surface area contributed by atoms with Crippen molar-refractivity contribution in [1.29, 1.82) is 0 Å². The van der Waals surface area contributed by atoms with Crippen LogP contribution in [0.2, 0.25) is 0 Å². The van der Waals surface area contributed by atoms with Crippen molar-refractivity contribution in [2.75, 3.05) is 0 Å². The number of hydrogen-bond acceptors (Lipinski definition) is 1. The van der Waals surface area contributed by atoms with Crippen LogP contribution in [0, 0.1) is 0 Å². The van der Waals surface area contributed by atoms with Crippen molar-refractivity contribution < 1.29 is 0 Å². The fourth-order valence-corrected chi connectivity index (χ4v) is 10.2. The van der Waals surface area contributed by atoms with Gasteiger partial charge in [-0.2, -0.15) is 0 Å². The molecule has 0 aliphatic rings. The van der Waals surface area contributed by atoms with E-state index in [2.05, 4.69) is 190 Å². The summed E-state index contributed by atoms with van der Waals surface area (Å²) in [6.45, 7) is 0. The van der Waals surface area contributed by atoms with E-state index in [1.54, 1.807) is 0 Å². The molecule has 0 atom stereocenters. The van der Waals surface area contributed by atoms with E-state index in [1.807, 2.05) is 11.3 Å². The van der Waals surface area contributed by atoms with Crippen LogP contribution in [-0.4, -0.2) is 13.7 Å². The Labute approximate surface area is 302 Å². The van der Waals surface area contributed by atoms with Gasteiger partial charge in [0.1, 0.15) is 0 Å². The standard InChI is InChI=1S/C48H29N3S/c1-4-14-30(15-5-1)49-40-28-26-35-33-20-10-12-22-39(33)50(31-16-6-2-7-17-31)45(35)43(40)44-41(49)29-27-36-37-24-25-38-34-21-11-13-23-42(34)52-48(38)47(37)51(46(36)44)32-18-8-3-9-19-32/h1-29H. The second kappa shape index (κ2) is 10.5. The lowest BCUT2D eigenvalue weighted by molar-refractivity contribution is 1.17. The summed E-state index contributed by atoms with van der Waals surface area (Å²) in [5, 5.41) is 10.2. The average Bonchev–Trinajstić information content (AvgIpc) is 3.95. The highest BCUT2D eigenvalue weighted by molar-refractivity contribution is 7.26. The van der Waals surface area contributed by atoms with E-state index >= 15 is 0 Å². The summed E-state index contributed by atoms with van der Waals surface area (Å²) in [5.41, 5.74) is 10.8. The number of hydrogen-bond donors (Lipinski definition) is 0. The first kappa shape index (κ1) is 28.1. The lowest BCUT2D eigenvalue weighted by Gasteiger charge is -2.11. The van der Waals surface area contributed by atoms with Gasteiger partial charge in [0.2, 0.25) is 0 Å². The maximum absolute atomic E-state index is 2.56. The highest BCUT2D eigenvalue weighted by Gasteiger charge is 2.26. The molecule has 4 heteroatoms. The van der Waals surface area contributed by atoms with Crippen LogP contribution in [0.4, 0.5) is 0 Å². The zero-order chi connectivity index (χ0) is 33.9. The molecule has 0 saturated heterocycles. The molecule has 12 rings (SSSR count). The average molecular weight is 680 g/mol. The van der Waals surface area contributed by atoms with Crippen molar-refractivity contribution in [3.63, 3.8) is 0 Å². The molecule has 0 aliphatic heterocycles. The maximum Gasteiger partial charge on any atom is 0.0720 e. The Bertz CT molecular complexity index is 3380. The van der Waals surface area contributed by atoms with Gasteiger partial charge in [-0.25, -0.2) is 0 Å². The third-order valence-electron chi connectivity index (χ3n) is 11.0. The SMILES string of the molecule is c1ccc(-n2c3ccc4c5ccccc5n(-c5ccccc5)c4c3c3c2ccc2c4ccc5c6ccccc6sc5c4n(-c4ccccc4)c23)cc1. The molecule has 52 heavy (non-hydrogen) atoms. The smallest absolute Gasteiger partial charge is 0.0720 e. The van der Waals surface area contributed by atoms with Gasteiger partial charge in [0.15, 0.2) is 0 Å². The zero-order valence-corrected chi connectivity index (χ0v) is 28.8. The van der Waals surface area contributed by atoms with Crippen molar-refractivity contribution in [2.24, 2.45) is 0 Å². The predicted octanol–water partition coefficient (Wildman–Crippen LogP) is 13.3. The van der Waals surface area contributed by atoms with Crippen molar-refractivity contribution in [2.45, 2.75) is 0 Å². The highest BCUT2D eigenvalue weighted by atomic mass is 32.1. The van der Waals surface area contributed by atoms with Gasteiger partial charge in [0.05, 0.1) is 37.8 Å². The Hall–Kier alpha value is -6.62. The maximum atomic E-state index is 2.56. The zero-order valence-electron chi connectivity index (χ0n) is 28.0. The van der Waals surface area contributed by atoms with Gasteiger partial charge in [0, 0.05) is 64.9 Å². The Kier molecular flexibility index (Phi) is 5.65. The van der Waals surface area contributed by atoms with Crippen molar-refractivity contribution in [3.8, 4) is 17.1 Å². The molecule has 0 fully saturated rings. The van der Waals surface area contributed by atoms with E-state index < -0.39 is 0 Å². The van der Waals surface area contributed by atoms with Gasteiger partial charge < -0.3 is 13.7 Å². The fourth-order valence-electron chi connectivity index (χ4n) is 8.93. The summed E-state index contributed by atoms with van der Waals surface area (Å²) in [6, 6.07) is 64.5. The first-order valence-corrected chi connectivity index (χ1v) is 18.6. The Morgan fingerprint density at radius 3 is 1.42 bits per heavy atom. The molecular weight excluding hydrogens is 651 g/mol. The molecule has 4 aromatic heterocycles. The van der Waals surface area contributed by atoms with Gasteiger partial charge in [0.25, 0.3) is 0 Å². The van der Waals surface area contributed by atoms with Crippen molar-refractivity contribution in [3.05, 3.63) is 176 Å². The molecule has 0 unspecified atom stereocenters. The normalized spacial score (nSPS) is 12.2. The van der Waals surface area contributed by atoms with Crippen molar-refractivity contribution in [1.82, 2.24) is 13.7 Å². The molecule has 3 nitrogen and oxygen atoms in total. The minimum absolute atomic E-state index is 1.15. The summed E-state index contributed by atoms with van der Waals surface area (Å²) in [6.07, 6.45) is 0. The molecular formula is C48H29N3S. The first-order chi connectivity index (χ1) is 25.8. The molecule has 8 aromatic carbocycles. The van der Waals surface area contributed by atoms with Crippen LogP contribution in [-0.2, 0) is 0 Å². The van der Waals surface area contributed by atoms with E-state index in [-0.39, 0.29) is 0 Å². The van der Waals surface area contributed by atoms with Crippen LogP contribution in [0.1, 0.15) is 0 Å². The van der Waals surface area contributed by atoms with Gasteiger partial charge in [-0.05, 0) is 60.7 Å². The minimum Gasteiger partial charge on any atom is -0.309 e. The number of benzene rings is 8. The third kappa shape index (κ3) is 3.64. The Morgan fingerprint density at radius 1 is 0.288 bits per heavy atom. The number of aromatic nitrogens is 3. The van der Waals surface area contributed by atoms with Crippen LogP contribution >= 0.6 is 11.3 Å². The summed E-state index contributed by atoms with van der Waals surface area (Å²) in [5.74, 6) is 0. The van der Waals surface area contributed by atoms with Crippen LogP contribution < -0.4 is 0 Å². The predicted molar refractivity (Wildman–Crippen MR) is 222 cm³/mol. The van der Waals surface area contributed by atoms with Crippen LogP contribution in [0.3, 0.4) is 0 Å². The largest absolute Gasteiger partial charge is 0.309 e. The molecule has 242 valence electrons. The van der Waals surface area contributed by atoms with Gasteiger partial charge in [-0.15, -0.1) is 11.3 Å². The lowest BCUT2D eigenvalue weighted by atomic mass is 10.0. The summed E-state index contributed by atoms with van der Waals surface area (Å²) >= 11 is 1.90. The van der Waals surface area contributed by atoms with E-state index in [9.17, 15) is 0 Å². The Morgan fingerprint density at radius 2 is 0.750 bits per heavy atom. The number of fused-ring (bicyclic) bond motifs is 15. The number of nitrogens with zero attached hydrogens (tertiary/aromatic N) is 3. The van der Waals surface area contributed by atoms with Gasteiger partial charge in [-0.1, -0.05) is 115 Å². The quantitative estimate of drug-likeness (QED) is 0.177. The van der Waals surface area contributed by atoms with Crippen LogP contribution in [0.25, 0.3) is 103 Å². The highest BCUT2D eigenvalue weighted by Crippen LogP contribution is 2.48. The summed E-state index contributed by atoms with van der Waals surface area (Å²) in [7, 11) is 0. The molecule has 0 radical (unpaired) electrons. The number of para-hydroxylation sites is 4. The molecule has 0 spiro atoms. The van der Waals surface area contributed by atoms with E-state index in [0.29, 0.717) is 0 Å². The topological polar surface area (TPSA) is 14.8 Å². The molecule has 0 N–H and O–H groups in total. The molecule has 12 aromatic rings. The first-order valence-electron chi connectivity index (χ1n) is 17.8. The van der Waals surface area contributed by atoms with Crippen molar-refractivity contribution >= 4 is 96.9 Å². The van der Waals surface area contributed by atoms with E-state index in [4.69, 9.17) is 0 Å². The van der Waals surface area contributed by atoms with Gasteiger partial charge >= 0.3 is 0 Å². The third-order valence-corrected chi connectivity index (χ3v) is 12.2. The molecule has 0 bridgehead atoms. The molecule has 0 saturated carbocycles. The lowest BCUT2D eigenvalue weighted by Crippen LogP contribution is -1.95. The second-order valence-electron chi connectivity index (χ2n) is 13.7. The van der Waals surface area contributed by atoms with Crippen LogP contribution in [0.15, 0.2) is 176 Å². The van der Waals surface area contributed by atoms with Gasteiger partial charge in [-0.3, -0.25) is 0 Å². The monoisotopic (exact) mass is 679 g/mol. The molecule has 0 amide bonds. The summed E-state index contributed by atoms with van der Waals surface area (Å²) in [4.78, 5) is 0.